The van der Waals surface area contributed by atoms with E-state index in [2.05, 4.69) is 119 Å². The fraction of sp³-hybridized carbons (Fsp3) is 0.500. The summed E-state index contributed by atoms with van der Waals surface area (Å²) in [6.45, 7) is 16.0. The average Bonchev–Trinajstić information content (AvgIpc) is 3.27. The summed E-state index contributed by atoms with van der Waals surface area (Å²) in [6.07, 6.45) is 0. The molecule has 33 heavy (non-hydrogen) atoms. The van der Waals surface area contributed by atoms with E-state index < -0.39 is 0 Å². The monoisotopic (exact) mass is 642 g/mol. The third-order valence-electron chi connectivity index (χ3n) is 7.85. The lowest BCUT2D eigenvalue weighted by molar-refractivity contribution is -0.442. The number of aliphatic hydroxyl groups is 1. The minimum Gasteiger partial charge on any atom is -1.00 e. The molecule has 180 valence electrons. The van der Waals surface area contributed by atoms with Gasteiger partial charge in [0.25, 0.3) is 0 Å². The fourth-order valence-electron chi connectivity index (χ4n) is 5.33. The number of rotatable bonds is 2. The Morgan fingerprint density at radius 1 is 1.00 bits per heavy atom. The number of halogens is 3. The van der Waals surface area contributed by atoms with E-state index in [-0.39, 0.29) is 40.1 Å². The molecule has 1 N–H and O–H groups in total. The maximum Gasteiger partial charge on any atom is 0.209 e. The Hall–Kier alpha value is -0.730. The molecule has 0 radical (unpaired) electrons. The molecule has 3 aliphatic rings. The van der Waals surface area contributed by atoms with Gasteiger partial charge >= 0.3 is 0 Å². The van der Waals surface area contributed by atoms with Crippen LogP contribution in [0.3, 0.4) is 0 Å². The SMILES string of the molecule is CC1(C)c2cc(Br)ccc2N2CCOC21C.CC1=[N+](CCO)c2ccc(Br)cc2C1(C)C.[Br-]. The smallest absolute Gasteiger partial charge is 0.209 e. The minimum atomic E-state index is -0.184. The van der Waals surface area contributed by atoms with Crippen LogP contribution in [0.1, 0.15) is 52.7 Å². The first kappa shape index (κ1) is 26.9. The van der Waals surface area contributed by atoms with Crippen LogP contribution in [0.2, 0.25) is 0 Å². The molecule has 0 aromatic heterocycles. The molecule has 0 amide bonds. The zero-order chi connectivity index (χ0) is 23.5. The Kier molecular flexibility index (Phi) is 7.64. The molecule has 0 bridgehead atoms. The third-order valence-corrected chi connectivity index (χ3v) is 8.84. The van der Waals surface area contributed by atoms with E-state index in [0.29, 0.717) is 6.54 Å². The number of ether oxygens (including phenoxy) is 1. The quantitative estimate of drug-likeness (QED) is 0.511. The molecule has 0 saturated carbocycles. The van der Waals surface area contributed by atoms with Crippen LogP contribution in [0.4, 0.5) is 11.4 Å². The molecule has 5 rings (SSSR count). The summed E-state index contributed by atoms with van der Waals surface area (Å²) < 4.78 is 10.5. The van der Waals surface area contributed by atoms with E-state index in [1.165, 1.54) is 28.2 Å². The summed E-state index contributed by atoms with van der Waals surface area (Å²) in [5.74, 6) is 0. The first-order valence-corrected chi connectivity index (χ1v) is 12.8. The van der Waals surface area contributed by atoms with Gasteiger partial charge in [-0.05, 0) is 56.7 Å². The fourth-order valence-corrected chi connectivity index (χ4v) is 6.06. The molecule has 0 spiro atoms. The molecule has 1 atom stereocenters. The first-order valence-electron chi connectivity index (χ1n) is 11.2. The Balaban J connectivity index is 0.000000180. The molecule has 2 aromatic rings. The van der Waals surface area contributed by atoms with E-state index >= 15 is 0 Å². The van der Waals surface area contributed by atoms with Crippen molar-refractivity contribution >= 4 is 48.9 Å². The summed E-state index contributed by atoms with van der Waals surface area (Å²) in [6, 6.07) is 12.9. The first-order chi connectivity index (χ1) is 14.9. The molecule has 4 nitrogen and oxygen atoms in total. The second-order valence-corrected chi connectivity index (χ2v) is 11.8. The van der Waals surface area contributed by atoms with Gasteiger partial charge in [0.05, 0.1) is 12.0 Å². The normalized spacial score (nSPS) is 23.4. The Morgan fingerprint density at radius 2 is 1.61 bits per heavy atom. The predicted octanol–water partition coefficient (Wildman–Crippen LogP) is 3.13. The van der Waals surface area contributed by atoms with E-state index in [4.69, 9.17) is 9.84 Å². The van der Waals surface area contributed by atoms with Crippen molar-refractivity contribution in [2.75, 3.05) is 31.2 Å². The zero-order valence-electron chi connectivity index (χ0n) is 20.2. The van der Waals surface area contributed by atoms with Gasteiger partial charge in [-0.15, -0.1) is 0 Å². The number of anilines is 1. The van der Waals surface area contributed by atoms with Gasteiger partial charge in [-0.1, -0.05) is 45.7 Å². The highest BCUT2D eigenvalue weighted by Crippen LogP contribution is 2.54. The topological polar surface area (TPSA) is 35.7 Å². The Labute approximate surface area is 225 Å². The van der Waals surface area contributed by atoms with Crippen LogP contribution in [0.15, 0.2) is 45.3 Å². The van der Waals surface area contributed by atoms with Crippen molar-refractivity contribution in [2.45, 2.75) is 58.1 Å². The van der Waals surface area contributed by atoms with Crippen LogP contribution in [0.5, 0.6) is 0 Å². The van der Waals surface area contributed by atoms with Crippen molar-refractivity contribution in [2.24, 2.45) is 0 Å². The van der Waals surface area contributed by atoms with E-state index in [0.717, 1.165) is 22.1 Å². The number of benzene rings is 2. The molecular formula is C26H33Br3N2O2. The molecule has 3 heterocycles. The highest BCUT2D eigenvalue weighted by atomic mass is 79.9. The summed E-state index contributed by atoms with van der Waals surface area (Å²) in [5, 5.41) is 9.13. The molecule has 2 aromatic carbocycles. The Bertz CT molecular complexity index is 1100. The Morgan fingerprint density at radius 3 is 2.24 bits per heavy atom. The van der Waals surface area contributed by atoms with Crippen LogP contribution in [-0.4, -0.2) is 47.4 Å². The second-order valence-electron chi connectivity index (χ2n) is 10.0. The number of nitrogens with zero attached hydrogens (tertiary/aromatic N) is 2. The number of hydrogen-bond donors (Lipinski definition) is 1. The van der Waals surface area contributed by atoms with E-state index in [9.17, 15) is 0 Å². The molecule has 1 fully saturated rings. The lowest BCUT2D eigenvalue weighted by atomic mass is 9.78. The maximum atomic E-state index is 9.13. The molecule has 3 aliphatic heterocycles. The average molecular weight is 645 g/mol. The second kappa shape index (κ2) is 9.38. The predicted molar refractivity (Wildman–Crippen MR) is 139 cm³/mol. The van der Waals surface area contributed by atoms with E-state index in [1.54, 1.807) is 0 Å². The summed E-state index contributed by atoms with van der Waals surface area (Å²) in [7, 11) is 0. The number of hydrogen-bond acceptors (Lipinski definition) is 3. The van der Waals surface area contributed by atoms with Gasteiger partial charge in [-0.25, -0.2) is 0 Å². The van der Waals surface area contributed by atoms with Gasteiger partial charge in [0.1, 0.15) is 12.3 Å². The van der Waals surface area contributed by atoms with Crippen LogP contribution in [0, 0.1) is 0 Å². The van der Waals surface area contributed by atoms with Gasteiger partial charge in [-0.3, -0.25) is 0 Å². The molecule has 1 saturated heterocycles. The number of aliphatic hydroxyl groups excluding tert-OH is 1. The lowest BCUT2D eigenvalue weighted by Gasteiger charge is -2.38. The summed E-state index contributed by atoms with van der Waals surface area (Å²) in [4.78, 5) is 2.40. The molecule has 0 aliphatic carbocycles. The molecule has 7 heteroatoms. The minimum absolute atomic E-state index is 0. The van der Waals surface area contributed by atoms with Gasteiger partial charge in [0, 0.05) is 45.1 Å². The number of β-amino-alcohol motifs (C(OH)–C–C–N with tert-alkyl or cyclic N) is 1. The highest BCUT2D eigenvalue weighted by Gasteiger charge is 2.57. The van der Waals surface area contributed by atoms with Crippen molar-refractivity contribution < 1.29 is 31.4 Å². The van der Waals surface area contributed by atoms with Crippen molar-refractivity contribution in [3.8, 4) is 0 Å². The van der Waals surface area contributed by atoms with Gasteiger partial charge in [-0.2, -0.15) is 4.58 Å². The van der Waals surface area contributed by atoms with Crippen LogP contribution < -0.4 is 21.9 Å². The maximum absolute atomic E-state index is 9.13. The highest BCUT2D eigenvalue weighted by molar-refractivity contribution is 9.10. The standard InChI is InChI=1S/C13H16BrNO.C13H17BrNO.BrH/c1-12(2)10-8-9(14)4-5-11(10)15-6-7-16-13(12,15)3;1-9-13(2,3)11-8-10(14)4-5-12(11)15(9)6-7-16;/h4-5,8H,6-7H2,1-3H3;4-5,8,16H,6-7H2,1-3H3;1H/q;+1;/p-1. The van der Waals surface area contributed by atoms with Gasteiger partial charge in [0.15, 0.2) is 12.3 Å². The summed E-state index contributed by atoms with van der Waals surface area (Å²) >= 11 is 7.07. The summed E-state index contributed by atoms with van der Waals surface area (Å²) in [5.41, 5.74) is 6.45. The lowest BCUT2D eigenvalue weighted by Crippen LogP contribution is -3.00. The van der Waals surface area contributed by atoms with Crippen molar-refractivity contribution in [3.05, 3.63) is 56.5 Å². The zero-order valence-corrected chi connectivity index (χ0v) is 24.9. The van der Waals surface area contributed by atoms with Crippen LogP contribution in [0.25, 0.3) is 0 Å². The van der Waals surface area contributed by atoms with Crippen LogP contribution in [-0.2, 0) is 15.6 Å². The van der Waals surface area contributed by atoms with Crippen molar-refractivity contribution in [1.29, 1.82) is 0 Å². The largest absolute Gasteiger partial charge is 1.00 e. The van der Waals surface area contributed by atoms with Crippen LogP contribution >= 0.6 is 31.9 Å². The van der Waals surface area contributed by atoms with Crippen molar-refractivity contribution in [3.63, 3.8) is 0 Å². The van der Waals surface area contributed by atoms with Gasteiger partial charge < -0.3 is 31.7 Å². The van der Waals surface area contributed by atoms with Crippen molar-refractivity contribution in [1.82, 2.24) is 0 Å². The van der Waals surface area contributed by atoms with E-state index in [1.807, 2.05) is 0 Å². The number of fused-ring (bicyclic) bond motifs is 4. The van der Waals surface area contributed by atoms with Gasteiger partial charge in [0.2, 0.25) is 5.69 Å². The third kappa shape index (κ3) is 4.16. The molecular weight excluding hydrogens is 612 g/mol. The molecule has 1 unspecified atom stereocenters.